The molecule has 0 fully saturated rings. The molecule has 3 aromatic rings. The molecule has 1 atom stereocenters. The summed E-state index contributed by atoms with van der Waals surface area (Å²) in [4.78, 5) is 39.3. The lowest BCUT2D eigenvalue weighted by Gasteiger charge is -2.19. The molecule has 0 spiro atoms. The van der Waals surface area contributed by atoms with Crippen LogP contribution in [0, 0.1) is 0 Å². The van der Waals surface area contributed by atoms with Crippen molar-refractivity contribution in [1.29, 1.82) is 0 Å². The third kappa shape index (κ3) is 3.74. The van der Waals surface area contributed by atoms with Crippen LogP contribution in [-0.2, 0) is 4.79 Å². The summed E-state index contributed by atoms with van der Waals surface area (Å²) in [5, 5.41) is 2.96. The summed E-state index contributed by atoms with van der Waals surface area (Å²) in [6.45, 7) is -0.0350. The SMILES string of the molecule is CN1C(=O)C(NC(=O)c2ncc(Cl)c(-c3ccccc3)n2)COc2cccnc21. The molecule has 9 heteroatoms. The van der Waals surface area contributed by atoms with Crippen molar-refractivity contribution in [1.82, 2.24) is 20.3 Å². The molecule has 2 aromatic heterocycles. The molecule has 1 aromatic carbocycles. The molecular weight excluding hydrogens is 394 g/mol. The summed E-state index contributed by atoms with van der Waals surface area (Å²) in [7, 11) is 1.58. The van der Waals surface area contributed by atoms with Gasteiger partial charge in [0.05, 0.1) is 16.9 Å². The van der Waals surface area contributed by atoms with Gasteiger partial charge >= 0.3 is 0 Å². The van der Waals surface area contributed by atoms with Crippen molar-refractivity contribution in [2.45, 2.75) is 6.04 Å². The number of fused-ring (bicyclic) bond motifs is 1. The van der Waals surface area contributed by atoms with E-state index in [4.69, 9.17) is 16.3 Å². The van der Waals surface area contributed by atoms with Gasteiger partial charge in [-0.05, 0) is 12.1 Å². The lowest BCUT2D eigenvalue weighted by Crippen LogP contribution is -2.49. The number of nitrogens with zero attached hydrogens (tertiary/aromatic N) is 4. The molecule has 1 aliphatic heterocycles. The number of aromatic nitrogens is 3. The van der Waals surface area contributed by atoms with Gasteiger partial charge in [0.25, 0.3) is 11.8 Å². The third-order valence-corrected chi connectivity index (χ3v) is 4.68. The van der Waals surface area contributed by atoms with Gasteiger partial charge in [-0.15, -0.1) is 0 Å². The predicted octanol–water partition coefficient (Wildman–Crippen LogP) is 2.35. The summed E-state index contributed by atoms with van der Waals surface area (Å²) in [6.07, 6.45) is 2.93. The van der Waals surface area contributed by atoms with Crippen LogP contribution in [0.25, 0.3) is 11.3 Å². The number of hydrogen-bond donors (Lipinski definition) is 1. The quantitative estimate of drug-likeness (QED) is 0.713. The first-order valence-corrected chi connectivity index (χ1v) is 9.16. The van der Waals surface area contributed by atoms with Crippen LogP contribution in [0.1, 0.15) is 10.6 Å². The maximum absolute atomic E-state index is 12.7. The Morgan fingerprint density at radius 2 is 2.00 bits per heavy atom. The molecule has 0 bridgehead atoms. The van der Waals surface area contributed by atoms with Crippen molar-refractivity contribution in [3.05, 3.63) is 65.7 Å². The van der Waals surface area contributed by atoms with Gasteiger partial charge < -0.3 is 10.1 Å². The van der Waals surface area contributed by atoms with Crippen LogP contribution in [0.3, 0.4) is 0 Å². The fourth-order valence-corrected chi connectivity index (χ4v) is 3.13. The third-order valence-electron chi connectivity index (χ3n) is 4.40. The number of hydrogen-bond acceptors (Lipinski definition) is 6. The van der Waals surface area contributed by atoms with Gasteiger partial charge in [0.2, 0.25) is 5.82 Å². The second kappa shape index (κ2) is 7.84. The zero-order valence-electron chi connectivity index (χ0n) is 15.4. The molecule has 146 valence electrons. The minimum Gasteiger partial charge on any atom is -0.487 e. The van der Waals surface area contributed by atoms with Gasteiger partial charge in [-0.3, -0.25) is 14.5 Å². The number of rotatable bonds is 3. The van der Waals surface area contributed by atoms with E-state index in [1.54, 1.807) is 25.4 Å². The average Bonchev–Trinajstić information content (AvgIpc) is 2.87. The van der Waals surface area contributed by atoms with E-state index in [9.17, 15) is 9.59 Å². The minimum absolute atomic E-state index is 0.0350. The van der Waals surface area contributed by atoms with Gasteiger partial charge in [-0.2, -0.15) is 0 Å². The number of carbonyl (C=O) groups excluding carboxylic acids is 2. The van der Waals surface area contributed by atoms with Crippen molar-refractivity contribution >= 4 is 29.2 Å². The number of ether oxygens (including phenoxy) is 1. The highest BCUT2D eigenvalue weighted by Crippen LogP contribution is 2.28. The minimum atomic E-state index is -0.916. The lowest BCUT2D eigenvalue weighted by atomic mass is 10.1. The Bertz CT molecular complexity index is 1080. The molecule has 0 saturated carbocycles. The number of halogens is 1. The molecule has 1 aliphatic rings. The smallest absolute Gasteiger partial charge is 0.289 e. The molecule has 29 heavy (non-hydrogen) atoms. The first-order valence-electron chi connectivity index (χ1n) is 8.79. The molecule has 4 rings (SSSR count). The number of amides is 2. The average molecular weight is 410 g/mol. The van der Waals surface area contributed by atoms with Crippen LogP contribution in [0.5, 0.6) is 5.75 Å². The van der Waals surface area contributed by atoms with E-state index in [1.807, 2.05) is 30.3 Å². The van der Waals surface area contributed by atoms with E-state index in [1.165, 1.54) is 11.1 Å². The molecular formula is C20H16ClN5O3. The topological polar surface area (TPSA) is 97.3 Å². The Hall–Kier alpha value is -3.52. The van der Waals surface area contributed by atoms with E-state index in [2.05, 4.69) is 20.3 Å². The summed E-state index contributed by atoms with van der Waals surface area (Å²) in [5.74, 6) is -0.192. The number of nitrogens with one attached hydrogen (secondary N) is 1. The van der Waals surface area contributed by atoms with Crippen LogP contribution < -0.4 is 15.0 Å². The fourth-order valence-electron chi connectivity index (χ4n) is 2.93. The Balaban J connectivity index is 1.56. The highest BCUT2D eigenvalue weighted by molar-refractivity contribution is 6.32. The van der Waals surface area contributed by atoms with E-state index >= 15 is 0 Å². The number of anilines is 1. The summed E-state index contributed by atoms with van der Waals surface area (Å²) in [5.41, 5.74) is 1.19. The van der Waals surface area contributed by atoms with Crippen LogP contribution in [0.15, 0.2) is 54.9 Å². The molecule has 2 amide bonds. The predicted molar refractivity (Wildman–Crippen MR) is 107 cm³/mol. The monoisotopic (exact) mass is 409 g/mol. The van der Waals surface area contributed by atoms with Gasteiger partial charge in [0, 0.05) is 18.8 Å². The second-order valence-electron chi connectivity index (χ2n) is 6.32. The number of pyridine rings is 1. The number of likely N-dealkylation sites (N-methyl/N-ethyl adjacent to an activating group) is 1. The van der Waals surface area contributed by atoms with Crippen molar-refractivity contribution in [2.75, 3.05) is 18.6 Å². The van der Waals surface area contributed by atoms with Crippen molar-refractivity contribution in [3.8, 4) is 17.0 Å². The molecule has 0 radical (unpaired) electrons. The summed E-state index contributed by atoms with van der Waals surface area (Å²) in [6, 6.07) is 11.7. The maximum Gasteiger partial charge on any atom is 0.289 e. The first kappa shape index (κ1) is 18.8. The molecule has 3 heterocycles. The van der Waals surface area contributed by atoms with Crippen LogP contribution in [0.4, 0.5) is 5.82 Å². The van der Waals surface area contributed by atoms with Gasteiger partial charge in [-0.25, -0.2) is 15.0 Å². The van der Waals surface area contributed by atoms with E-state index in [0.29, 0.717) is 22.3 Å². The van der Waals surface area contributed by atoms with Gasteiger partial charge in [0.15, 0.2) is 11.6 Å². The largest absolute Gasteiger partial charge is 0.487 e. The van der Waals surface area contributed by atoms with Crippen molar-refractivity contribution in [2.24, 2.45) is 0 Å². The van der Waals surface area contributed by atoms with Crippen molar-refractivity contribution < 1.29 is 14.3 Å². The Kier molecular flexibility index (Phi) is 5.09. The van der Waals surface area contributed by atoms with Gasteiger partial charge in [-0.1, -0.05) is 41.9 Å². The maximum atomic E-state index is 12.7. The Morgan fingerprint density at radius 3 is 2.79 bits per heavy atom. The second-order valence-corrected chi connectivity index (χ2v) is 6.72. The Morgan fingerprint density at radius 1 is 1.21 bits per heavy atom. The standard InChI is InChI=1S/C20H16ClN5O3/c1-26-18-15(8-5-9-22-18)29-11-14(20(26)28)24-19(27)17-23-10-13(21)16(25-17)12-6-3-2-4-7-12/h2-10,14H,11H2,1H3,(H,24,27). The van der Waals surface area contributed by atoms with E-state index < -0.39 is 11.9 Å². The zero-order chi connectivity index (χ0) is 20.4. The molecule has 1 N–H and O–H groups in total. The molecule has 1 unspecified atom stereocenters. The number of benzene rings is 1. The van der Waals surface area contributed by atoms with Crippen LogP contribution >= 0.6 is 11.6 Å². The number of carbonyl (C=O) groups is 2. The van der Waals surface area contributed by atoms with Gasteiger partial charge in [0.1, 0.15) is 12.6 Å². The van der Waals surface area contributed by atoms with E-state index in [0.717, 1.165) is 5.56 Å². The Labute approximate surface area is 171 Å². The lowest BCUT2D eigenvalue weighted by molar-refractivity contribution is -0.120. The normalized spacial score (nSPS) is 15.9. The molecule has 0 saturated heterocycles. The van der Waals surface area contributed by atoms with Crippen LogP contribution in [0.2, 0.25) is 5.02 Å². The fraction of sp³-hybridized carbons (Fsp3) is 0.150. The van der Waals surface area contributed by atoms with Crippen molar-refractivity contribution in [3.63, 3.8) is 0 Å². The van der Waals surface area contributed by atoms with Crippen LogP contribution in [-0.4, -0.2) is 46.5 Å². The molecule has 0 aliphatic carbocycles. The summed E-state index contributed by atoms with van der Waals surface area (Å²) < 4.78 is 5.65. The first-order chi connectivity index (χ1) is 14.0. The molecule has 8 nitrogen and oxygen atoms in total. The van der Waals surface area contributed by atoms with E-state index in [-0.39, 0.29) is 18.3 Å². The highest BCUT2D eigenvalue weighted by atomic mass is 35.5. The zero-order valence-corrected chi connectivity index (χ0v) is 16.1. The highest BCUT2D eigenvalue weighted by Gasteiger charge is 2.32. The summed E-state index contributed by atoms with van der Waals surface area (Å²) >= 11 is 6.20.